The Morgan fingerprint density at radius 2 is 1.44 bits per heavy atom. The molecule has 41 heavy (non-hydrogen) atoms. The van der Waals surface area contributed by atoms with Crippen LogP contribution in [0.3, 0.4) is 0 Å². The molecular weight excluding hydrogens is 553 g/mol. The summed E-state index contributed by atoms with van der Waals surface area (Å²) in [5.41, 5.74) is -4.01. The summed E-state index contributed by atoms with van der Waals surface area (Å²) in [5, 5.41) is 9.80. The molecule has 1 fully saturated rings. The van der Waals surface area contributed by atoms with Crippen LogP contribution in [0.5, 0.6) is 0 Å². The molecule has 0 aliphatic carbocycles. The molecule has 1 saturated heterocycles. The minimum absolute atomic E-state index is 0.132. The zero-order chi connectivity index (χ0) is 29.8. The zero-order valence-corrected chi connectivity index (χ0v) is 21.9. The minimum Gasteiger partial charge on any atom is -0.369 e. The lowest BCUT2D eigenvalue weighted by Crippen LogP contribution is -2.53. The van der Waals surface area contributed by atoms with Crippen molar-refractivity contribution in [3.8, 4) is 0 Å². The summed E-state index contributed by atoms with van der Waals surface area (Å²) < 4.78 is 94.3. The van der Waals surface area contributed by atoms with Crippen LogP contribution in [0.15, 0.2) is 72.8 Å². The van der Waals surface area contributed by atoms with Gasteiger partial charge in [0.15, 0.2) is 0 Å². The van der Waals surface area contributed by atoms with E-state index in [9.17, 15) is 40.6 Å². The highest BCUT2D eigenvalue weighted by molar-refractivity contribution is 5.76. The first-order chi connectivity index (χ1) is 19.1. The first-order valence-electron chi connectivity index (χ1n) is 13.0. The molecule has 3 aromatic rings. The van der Waals surface area contributed by atoms with Crippen LogP contribution in [0.4, 0.5) is 35.5 Å². The lowest BCUT2D eigenvalue weighted by Gasteiger charge is -2.34. The Morgan fingerprint density at radius 1 is 0.854 bits per heavy atom. The molecule has 2 heterocycles. The Hall–Kier alpha value is -3.60. The van der Waals surface area contributed by atoms with Crippen LogP contribution in [0.25, 0.3) is 0 Å². The van der Waals surface area contributed by atoms with Gasteiger partial charge in [-0.1, -0.05) is 67.6 Å². The second-order valence-electron chi connectivity index (χ2n) is 10.9. The van der Waals surface area contributed by atoms with Crippen LogP contribution in [0.1, 0.15) is 40.7 Å². The number of urea groups is 1. The molecule has 2 aliphatic heterocycles. The standard InChI is InChI=1S/C30H27F7N2O2/c1-27(22-10-12-24(31)13-11-22)18-39(26(40)38-15-14-19-4-2-3-5-21(19)16-38)17-25(27)20-6-8-23(9-7-20)28(41,29(32,33)34)30(35,36)37/h2-13,25,41H,14-18H2,1H3/t25-,27+/m0/s1. The van der Waals surface area contributed by atoms with Crippen LogP contribution in [-0.4, -0.2) is 52.9 Å². The molecule has 0 aromatic heterocycles. The lowest BCUT2D eigenvalue weighted by molar-refractivity contribution is -0.376. The summed E-state index contributed by atoms with van der Waals surface area (Å²) in [7, 11) is 0. The number of fused-ring (bicyclic) bond motifs is 1. The second kappa shape index (κ2) is 10.0. The van der Waals surface area contributed by atoms with E-state index in [1.165, 1.54) is 12.1 Å². The Balaban J connectivity index is 1.48. The van der Waals surface area contributed by atoms with Crippen LogP contribution in [-0.2, 0) is 24.0 Å². The van der Waals surface area contributed by atoms with Gasteiger partial charge < -0.3 is 14.9 Å². The molecule has 3 aromatic carbocycles. The van der Waals surface area contributed by atoms with Gasteiger partial charge in [0.05, 0.1) is 0 Å². The molecule has 11 heteroatoms. The van der Waals surface area contributed by atoms with E-state index in [4.69, 9.17) is 0 Å². The van der Waals surface area contributed by atoms with Gasteiger partial charge >= 0.3 is 18.4 Å². The number of hydrogen-bond acceptors (Lipinski definition) is 2. The van der Waals surface area contributed by atoms with E-state index in [0.29, 0.717) is 42.8 Å². The van der Waals surface area contributed by atoms with Gasteiger partial charge in [-0.2, -0.15) is 26.3 Å². The molecule has 0 saturated carbocycles. The Labute approximate surface area is 232 Å². The molecule has 0 radical (unpaired) electrons. The van der Waals surface area contributed by atoms with Gasteiger partial charge in [-0.05, 0) is 40.8 Å². The number of alkyl halides is 6. The predicted molar refractivity (Wildman–Crippen MR) is 136 cm³/mol. The molecule has 2 amide bonds. The number of carbonyl (C=O) groups is 1. The highest BCUT2D eigenvalue weighted by atomic mass is 19.4. The third-order valence-corrected chi connectivity index (χ3v) is 8.42. The predicted octanol–water partition coefficient (Wildman–Crippen LogP) is 6.67. The van der Waals surface area contributed by atoms with E-state index in [-0.39, 0.29) is 19.1 Å². The van der Waals surface area contributed by atoms with Crippen molar-refractivity contribution >= 4 is 6.03 Å². The van der Waals surface area contributed by atoms with E-state index >= 15 is 0 Å². The normalized spacial score (nSPS) is 21.6. The number of aliphatic hydroxyl groups is 1. The molecule has 0 spiro atoms. The Morgan fingerprint density at radius 3 is 2.02 bits per heavy atom. The van der Waals surface area contributed by atoms with Gasteiger partial charge in [0.2, 0.25) is 0 Å². The third-order valence-electron chi connectivity index (χ3n) is 8.42. The topological polar surface area (TPSA) is 43.8 Å². The van der Waals surface area contributed by atoms with Gasteiger partial charge in [-0.25, -0.2) is 9.18 Å². The average molecular weight is 581 g/mol. The number of rotatable bonds is 3. The fourth-order valence-corrected chi connectivity index (χ4v) is 6.04. The van der Waals surface area contributed by atoms with Crippen molar-refractivity contribution in [1.29, 1.82) is 0 Å². The summed E-state index contributed by atoms with van der Waals surface area (Å²) in [5.74, 6) is -1.03. The SMILES string of the molecule is C[C@]1(c2ccc(F)cc2)CN(C(=O)N2CCc3ccccc3C2)C[C@H]1c1ccc(C(O)(C(F)(F)F)C(F)(F)F)cc1. The summed E-state index contributed by atoms with van der Waals surface area (Å²) in [6.07, 6.45) is -11.3. The van der Waals surface area contributed by atoms with Gasteiger partial charge in [-0.3, -0.25) is 0 Å². The summed E-state index contributed by atoms with van der Waals surface area (Å²) in [6, 6.07) is 16.7. The Bertz CT molecular complexity index is 1410. The number of nitrogens with zero attached hydrogens (tertiary/aromatic N) is 2. The molecule has 0 unspecified atom stereocenters. The largest absolute Gasteiger partial charge is 0.430 e. The molecule has 218 valence electrons. The van der Waals surface area contributed by atoms with Gasteiger partial charge in [0.1, 0.15) is 5.82 Å². The number of amides is 2. The third kappa shape index (κ3) is 4.94. The monoisotopic (exact) mass is 580 g/mol. The number of benzene rings is 3. The smallest absolute Gasteiger partial charge is 0.369 e. The van der Waals surface area contributed by atoms with Crippen LogP contribution in [0, 0.1) is 5.82 Å². The molecule has 1 N–H and O–H groups in total. The average Bonchev–Trinajstić information content (AvgIpc) is 3.29. The lowest BCUT2D eigenvalue weighted by atomic mass is 9.71. The highest BCUT2D eigenvalue weighted by Gasteiger charge is 2.71. The van der Waals surface area contributed by atoms with Crippen molar-refractivity contribution in [3.63, 3.8) is 0 Å². The maximum Gasteiger partial charge on any atom is 0.430 e. The van der Waals surface area contributed by atoms with E-state index in [1.807, 2.05) is 31.2 Å². The van der Waals surface area contributed by atoms with Crippen molar-refractivity contribution in [2.75, 3.05) is 19.6 Å². The van der Waals surface area contributed by atoms with Crippen molar-refractivity contribution in [3.05, 3.63) is 106 Å². The van der Waals surface area contributed by atoms with Crippen LogP contribution < -0.4 is 0 Å². The molecule has 2 atom stereocenters. The van der Waals surface area contributed by atoms with Crippen molar-refractivity contribution < 1.29 is 40.6 Å². The first kappa shape index (κ1) is 28.9. The fraction of sp³-hybridized carbons (Fsp3) is 0.367. The second-order valence-corrected chi connectivity index (χ2v) is 10.9. The number of carbonyl (C=O) groups excluding carboxylic acids is 1. The van der Waals surface area contributed by atoms with Crippen LogP contribution in [0.2, 0.25) is 0 Å². The van der Waals surface area contributed by atoms with E-state index in [0.717, 1.165) is 23.3 Å². The number of halogens is 7. The maximum atomic E-state index is 13.8. The van der Waals surface area contributed by atoms with E-state index < -0.39 is 40.7 Å². The maximum absolute atomic E-state index is 13.8. The summed E-state index contributed by atoms with van der Waals surface area (Å²) >= 11 is 0. The van der Waals surface area contributed by atoms with Gasteiger partial charge in [-0.15, -0.1) is 0 Å². The molecule has 2 aliphatic rings. The van der Waals surface area contributed by atoms with Gasteiger partial charge in [0.25, 0.3) is 5.60 Å². The highest BCUT2D eigenvalue weighted by Crippen LogP contribution is 2.51. The zero-order valence-electron chi connectivity index (χ0n) is 21.9. The van der Waals surface area contributed by atoms with Crippen molar-refractivity contribution in [2.24, 2.45) is 0 Å². The fourth-order valence-electron chi connectivity index (χ4n) is 6.04. The van der Waals surface area contributed by atoms with Crippen molar-refractivity contribution in [2.45, 2.75) is 49.2 Å². The quantitative estimate of drug-likeness (QED) is 0.352. The van der Waals surface area contributed by atoms with E-state index in [1.54, 1.807) is 21.9 Å². The first-order valence-corrected chi connectivity index (χ1v) is 13.0. The minimum atomic E-state index is -6.00. The molecule has 0 bridgehead atoms. The molecular formula is C30H27F7N2O2. The van der Waals surface area contributed by atoms with Crippen molar-refractivity contribution in [1.82, 2.24) is 9.80 Å². The number of likely N-dealkylation sites (tertiary alicyclic amines) is 1. The molecule has 5 rings (SSSR count). The van der Waals surface area contributed by atoms with E-state index in [2.05, 4.69) is 0 Å². The Kier molecular flexibility index (Phi) is 7.08. The summed E-state index contributed by atoms with van der Waals surface area (Å²) in [4.78, 5) is 17.0. The van der Waals surface area contributed by atoms with Crippen LogP contribution >= 0.6 is 0 Å². The number of hydrogen-bond donors (Lipinski definition) is 1. The summed E-state index contributed by atoms with van der Waals surface area (Å²) in [6.45, 7) is 3.06. The van der Waals surface area contributed by atoms with Gasteiger partial charge in [0, 0.05) is 43.1 Å². The molecule has 4 nitrogen and oxygen atoms in total.